The maximum absolute atomic E-state index is 16.8. The maximum Gasteiger partial charge on any atom is 0.178 e. The van der Waals surface area contributed by atoms with Gasteiger partial charge in [0, 0.05) is 17.3 Å². The van der Waals surface area contributed by atoms with Gasteiger partial charge in [-0.05, 0) is 61.2 Å². The lowest BCUT2D eigenvalue weighted by atomic mass is 9.45. The lowest BCUT2D eigenvalue weighted by molar-refractivity contribution is -0.202. The molecule has 3 fully saturated rings. The molecule has 0 aromatic rings. The quantitative estimate of drug-likeness (QED) is 0.755. The Morgan fingerprint density at radius 2 is 1.96 bits per heavy atom. The number of Topliss-reactive ketones (excluding diaryl/α,β-unsaturated/α-hetero) is 1. The number of rotatable bonds is 2. The average molecular weight is 394 g/mol. The first kappa shape index (κ1) is 19.9. The van der Waals surface area contributed by atoms with E-state index in [-0.39, 0.29) is 41.8 Å². The third kappa shape index (κ3) is 2.22. The molecule has 0 unspecified atom stereocenters. The molecule has 4 rings (SSSR count). The fourth-order valence-corrected chi connectivity index (χ4v) is 7.36. The molecule has 0 spiro atoms. The molecular formula is C22H28F2O4. The van der Waals surface area contributed by atoms with Crippen LogP contribution in [0.5, 0.6) is 0 Å². The molecule has 0 radical (unpaired) electrons. The standard InChI is InChI=1S/C22H28F2O4/c1-11-6-13-14-8-16(23)15-7-12(26)4-5-21(15,3)22(14,24)18(28)9-20(13,2)19(11)17(27)10-25/h4-5,7,11,13-14,16,18-19,25,28H,6,8-10H2,1-3H3/t11-,13+,14+,16-,18-,19-,20+,21+,22+/m1/s1. The monoisotopic (exact) mass is 394 g/mol. The van der Waals surface area contributed by atoms with Crippen molar-refractivity contribution in [3.63, 3.8) is 0 Å². The minimum atomic E-state index is -2.11. The molecule has 4 nitrogen and oxygen atoms in total. The number of hydrogen-bond donors (Lipinski definition) is 2. The summed E-state index contributed by atoms with van der Waals surface area (Å²) in [5, 5.41) is 20.5. The minimum Gasteiger partial charge on any atom is -0.390 e. The van der Waals surface area contributed by atoms with Gasteiger partial charge in [-0.3, -0.25) is 9.59 Å². The number of hydrogen-bond acceptors (Lipinski definition) is 4. The molecule has 0 amide bonds. The minimum absolute atomic E-state index is 0.0736. The number of carbonyl (C=O) groups excluding carboxylic acids is 2. The molecule has 6 heteroatoms. The Bertz CT molecular complexity index is 791. The van der Waals surface area contributed by atoms with Crippen LogP contribution in [0.3, 0.4) is 0 Å². The molecular weight excluding hydrogens is 366 g/mol. The van der Waals surface area contributed by atoms with Crippen molar-refractivity contribution in [1.82, 2.24) is 0 Å². The zero-order valence-electron chi connectivity index (χ0n) is 16.5. The van der Waals surface area contributed by atoms with E-state index in [0.717, 1.165) is 0 Å². The number of fused-ring (bicyclic) bond motifs is 5. The summed E-state index contributed by atoms with van der Waals surface area (Å²) in [5.74, 6) is -2.26. The Hall–Kier alpha value is -1.40. The predicted octanol–water partition coefficient (Wildman–Crippen LogP) is 2.73. The highest BCUT2D eigenvalue weighted by Crippen LogP contribution is 2.70. The molecule has 0 aromatic carbocycles. The summed E-state index contributed by atoms with van der Waals surface area (Å²) >= 11 is 0. The number of carbonyl (C=O) groups is 2. The molecule has 4 aliphatic carbocycles. The van der Waals surface area contributed by atoms with E-state index in [1.54, 1.807) is 6.92 Å². The lowest BCUT2D eigenvalue weighted by Gasteiger charge is -2.62. The van der Waals surface area contributed by atoms with Gasteiger partial charge < -0.3 is 10.2 Å². The van der Waals surface area contributed by atoms with Crippen molar-refractivity contribution in [3.05, 3.63) is 23.8 Å². The van der Waals surface area contributed by atoms with E-state index in [2.05, 4.69) is 0 Å². The highest BCUT2D eigenvalue weighted by Gasteiger charge is 2.73. The Kier molecular flexibility index (Phi) is 4.30. The first-order valence-electron chi connectivity index (χ1n) is 10.1. The van der Waals surface area contributed by atoms with Gasteiger partial charge >= 0.3 is 0 Å². The molecule has 0 aromatic heterocycles. The Labute approximate surface area is 163 Å². The van der Waals surface area contributed by atoms with E-state index >= 15 is 8.78 Å². The number of ketones is 2. The van der Waals surface area contributed by atoms with E-state index in [0.29, 0.717) is 6.42 Å². The Morgan fingerprint density at radius 1 is 1.29 bits per heavy atom. The first-order chi connectivity index (χ1) is 13.0. The highest BCUT2D eigenvalue weighted by molar-refractivity contribution is 6.01. The summed E-state index contributed by atoms with van der Waals surface area (Å²) in [6.07, 6.45) is 1.52. The Balaban J connectivity index is 1.84. The van der Waals surface area contributed by atoms with Crippen LogP contribution < -0.4 is 0 Å². The number of aliphatic hydroxyl groups is 2. The van der Waals surface area contributed by atoms with Gasteiger partial charge in [-0.15, -0.1) is 0 Å². The fourth-order valence-electron chi connectivity index (χ4n) is 7.36. The molecule has 9 atom stereocenters. The van der Waals surface area contributed by atoms with E-state index in [1.807, 2.05) is 13.8 Å². The normalized spacial score (nSPS) is 52.5. The van der Waals surface area contributed by atoms with Crippen molar-refractivity contribution in [2.75, 3.05) is 6.61 Å². The summed E-state index contributed by atoms with van der Waals surface area (Å²) < 4.78 is 32.0. The van der Waals surface area contributed by atoms with Crippen LogP contribution in [0.1, 0.15) is 40.0 Å². The average Bonchev–Trinajstić information content (AvgIpc) is 2.89. The van der Waals surface area contributed by atoms with Gasteiger partial charge in [-0.25, -0.2) is 8.78 Å². The predicted molar refractivity (Wildman–Crippen MR) is 98.8 cm³/mol. The van der Waals surface area contributed by atoms with Gasteiger partial charge in [0.2, 0.25) is 0 Å². The number of halogens is 2. The third-order valence-electron chi connectivity index (χ3n) is 8.47. The van der Waals surface area contributed by atoms with Crippen molar-refractivity contribution in [2.24, 2.45) is 34.5 Å². The van der Waals surface area contributed by atoms with Crippen LogP contribution in [0.15, 0.2) is 23.8 Å². The molecule has 0 aliphatic heterocycles. The first-order valence-corrected chi connectivity index (χ1v) is 10.1. The summed E-state index contributed by atoms with van der Waals surface area (Å²) in [4.78, 5) is 24.3. The van der Waals surface area contributed by atoms with E-state index in [9.17, 15) is 19.8 Å². The molecule has 0 heterocycles. The molecule has 28 heavy (non-hydrogen) atoms. The molecule has 4 aliphatic rings. The third-order valence-corrected chi connectivity index (χ3v) is 8.47. The van der Waals surface area contributed by atoms with Crippen LogP contribution in [-0.2, 0) is 9.59 Å². The van der Waals surface area contributed by atoms with Crippen molar-refractivity contribution < 1.29 is 28.6 Å². The molecule has 3 saturated carbocycles. The molecule has 0 bridgehead atoms. The summed E-state index contributed by atoms with van der Waals surface area (Å²) in [6, 6.07) is 0. The van der Waals surface area contributed by atoms with Crippen molar-refractivity contribution in [1.29, 1.82) is 0 Å². The van der Waals surface area contributed by atoms with Crippen molar-refractivity contribution in [3.8, 4) is 0 Å². The molecule has 154 valence electrons. The van der Waals surface area contributed by atoms with Gasteiger partial charge in [0.15, 0.2) is 17.2 Å². The zero-order valence-corrected chi connectivity index (χ0v) is 16.5. The van der Waals surface area contributed by atoms with Crippen LogP contribution >= 0.6 is 0 Å². The van der Waals surface area contributed by atoms with Crippen LogP contribution in [-0.4, -0.2) is 46.3 Å². The van der Waals surface area contributed by atoms with Crippen LogP contribution in [0, 0.1) is 34.5 Å². The highest BCUT2D eigenvalue weighted by atomic mass is 19.1. The topological polar surface area (TPSA) is 74.6 Å². The molecule has 2 N–H and O–H groups in total. The van der Waals surface area contributed by atoms with Crippen LogP contribution in [0.2, 0.25) is 0 Å². The fraction of sp³-hybridized carbons (Fsp3) is 0.727. The maximum atomic E-state index is 16.8. The van der Waals surface area contributed by atoms with E-state index in [1.165, 1.54) is 18.2 Å². The largest absolute Gasteiger partial charge is 0.390 e. The number of allylic oxidation sites excluding steroid dienone is 4. The summed E-state index contributed by atoms with van der Waals surface area (Å²) in [6.45, 7) is 4.78. The van der Waals surface area contributed by atoms with E-state index in [4.69, 9.17) is 0 Å². The lowest BCUT2D eigenvalue weighted by Crippen LogP contribution is -2.68. The zero-order chi connectivity index (χ0) is 20.6. The van der Waals surface area contributed by atoms with Gasteiger partial charge in [0.05, 0.1) is 6.10 Å². The van der Waals surface area contributed by atoms with Gasteiger partial charge in [-0.2, -0.15) is 0 Å². The second-order valence-electron chi connectivity index (χ2n) is 9.76. The van der Waals surface area contributed by atoms with Gasteiger partial charge in [0.25, 0.3) is 0 Å². The second-order valence-corrected chi connectivity index (χ2v) is 9.76. The number of aliphatic hydroxyl groups excluding tert-OH is 2. The summed E-state index contributed by atoms with van der Waals surface area (Å²) in [7, 11) is 0. The van der Waals surface area contributed by atoms with Crippen LogP contribution in [0.25, 0.3) is 0 Å². The summed E-state index contributed by atoms with van der Waals surface area (Å²) in [5.41, 5.74) is -4.09. The van der Waals surface area contributed by atoms with Crippen molar-refractivity contribution >= 4 is 11.6 Å². The van der Waals surface area contributed by atoms with E-state index < -0.39 is 47.2 Å². The second kappa shape index (κ2) is 6.05. The van der Waals surface area contributed by atoms with Crippen molar-refractivity contribution in [2.45, 2.75) is 58.0 Å². The Morgan fingerprint density at radius 3 is 2.61 bits per heavy atom. The van der Waals surface area contributed by atoms with Crippen LogP contribution in [0.4, 0.5) is 8.78 Å². The van der Waals surface area contributed by atoms with Gasteiger partial charge in [0.1, 0.15) is 12.8 Å². The smallest absolute Gasteiger partial charge is 0.178 e. The van der Waals surface area contributed by atoms with Gasteiger partial charge in [-0.1, -0.05) is 19.9 Å². The molecule has 0 saturated heterocycles. The SMILES string of the molecule is C[C@@H]1C[C@H]2[C@@H]3C[C@@H](F)C4=CC(=O)C=C[C@]4(C)[C@@]3(F)[C@H](O)C[C@]2(C)[C@H]1C(=O)CO. The number of alkyl halides is 2.